The van der Waals surface area contributed by atoms with Gasteiger partial charge in [-0.25, -0.2) is 0 Å². The number of rotatable bonds is 3. The molecule has 0 aromatic heterocycles. The third kappa shape index (κ3) is 1.42. The standard InChI is InChI=1S/C10H13ClO2/c1-7(11)4-10(6-12)5-8-2-3-9(10)13-8/h6,8-9H,1-5H2. The van der Waals surface area contributed by atoms with Gasteiger partial charge in [-0.1, -0.05) is 18.2 Å². The number of fused-ring (bicyclic) bond motifs is 2. The second-order valence-electron chi connectivity index (χ2n) is 4.07. The molecule has 2 aliphatic rings. The fourth-order valence-electron chi connectivity index (χ4n) is 2.54. The summed E-state index contributed by atoms with van der Waals surface area (Å²) in [6.45, 7) is 3.65. The largest absolute Gasteiger partial charge is 0.374 e. The molecule has 0 amide bonds. The van der Waals surface area contributed by atoms with Crippen LogP contribution in [0.3, 0.4) is 0 Å². The van der Waals surface area contributed by atoms with Crippen LogP contribution in [-0.2, 0) is 9.53 Å². The van der Waals surface area contributed by atoms with E-state index < -0.39 is 0 Å². The van der Waals surface area contributed by atoms with Gasteiger partial charge in [0, 0.05) is 5.03 Å². The molecule has 2 rings (SSSR count). The average molecular weight is 201 g/mol. The Labute approximate surface area is 82.9 Å². The van der Waals surface area contributed by atoms with Crippen LogP contribution in [0.4, 0.5) is 0 Å². The lowest BCUT2D eigenvalue weighted by Crippen LogP contribution is -2.34. The van der Waals surface area contributed by atoms with E-state index in [2.05, 4.69) is 6.58 Å². The maximum atomic E-state index is 11.1. The van der Waals surface area contributed by atoms with Crippen molar-refractivity contribution in [3.05, 3.63) is 11.6 Å². The molecule has 0 saturated carbocycles. The van der Waals surface area contributed by atoms with Crippen molar-refractivity contribution in [1.82, 2.24) is 0 Å². The average Bonchev–Trinajstić information content (AvgIpc) is 2.62. The predicted octanol–water partition coefficient (Wildman–Crippen LogP) is 2.27. The Kier molecular flexibility index (Phi) is 2.20. The van der Waals surface area contributed by atoms with Crippen molar-refractivity contribution < 1.29 is 9.53 Å². The third-order valence-corrected chi connectivity index (χ3v) is 3.25. The fourth-order valence-corrected chi connectivity index (χ4v) is 2.79. The zero-order valence-corrected chi connectivity index (χ0v) is 8.22. The van der Waals surface area contributed by atoms with Gasteiger partial charge in [-0.2, -0.15) is 0 Å². The van der Waals surface area contributed by atoms with Crippen LogP contribution < -0.4 is 0 Å². The summed E-state index contributed by atoms with van der Waals surface area (Å²) in [6, 6.07) is 0. The minimum atomic E-state index is -0.359. The SMILES string of the molecule is C=C(Cl)CC1(C=O)CC2CCC1O2. The van der Waals surface area contributed by atoms with Gasteiger partial charge in [0.25, 0.3) is 0 Å². The number of halogens is 1. The lowest BCUT2D eigenvalue weighted by Gasteiger charge is -2.28. The summed E-state index contributed by atoms with van der Waals surface area (Å²) in [4.78, 5) is 11.1. The molecule has 0 N–H and O–H groups in total. The zero-order chi connectivity index (χ0) is 9.47. The molecule has 2 heterocycles. The maximum absolute atomic E-state index is 11.1. The molecule has 72 valence electrons. The first-order chi connectivity index (χ1) is 6.16. The summed E-state index contributed by atoms with van der Waals surface area (Å²) in [7, 11) is 0. The quantitative estimate of drug-likeness (QED) is 0.654. The second-order valence-corrected chi connectivity index (χ2v) is 4.61. The number of hydrogen-bond acceptors (Lipinski definition) is 2. The van der Waals surface area contributed by atoms with Gasteiger partial charge in [0.05, 0.1) is 17.6 Å². The molecule has 2 fully saturated rings. The monoisotopic (exact) mass is 200 g/mol. The third-order valence-electron chi connectivity index (χ3n) is 3.11. The summed E-state index contributed by atoms with van der Waals surface area (Å²) in [5.41, 5.74) is -0.359. The van der Waals surface area contributed by atoms with Gasteiger partial charge in [-0.05, 0) is 25.7 Å². The first-order valence-corrected chi connectivity index (χ1v) is 4.99. The van der Waals surface area contributed by atoms with Crippen LogP contribution >= 0.6 is 11.6 Å². The Morgan fingerprint density at radius 3 is 2.85 bits per heavy atom. The molecule has 13 heavy (non-hydrogen) atoms. The molecular weight excluding hydrogens is 188 g/mol. The van der Waals surface area contributed by atoms with E-state index >= 15 is 0 Å². The topological polar surface area (TPSA) is 26.3 Å². The minimum Gasteiger partial charge on any atom is -0.374 e. The van der Waals surface area contributed by atoms with Crippen molar-refractivity contribution in [2.24, 2.45) is 5.41 Å². The first-order valence-electron chi connectivity index (χ1n) is 4.61. The summed E-state index contributed by atoms with van der Waals surface area (Å²) in [5, 5.41) is 0.559. The molecule has 3 atom stereocenters. The van der Waals surface area contributed by atoms with Gasteiger partial charge in [0.2, 0.25) is 0 Å². The summed E-state index contributed by atoms with van der Waals surface area (Å²) >= 11 is 5.75. The van der Waals surface area contributed by atoms with Crippen LogP contribution in [0.2, 0.25) is 0 Å². The number of ether oxygens (including phenoxy) is 1. The molecule has 0 aromatic carbocycles. The molecule has 0 aromatic rings. The van der Waals surface area contributed by atoms with E-state index in [1.54, 1.807) is 0 Å². The summed E-state index contributed by atoms with van der Waals surface area (Å²) in [6.07, 6.45) is 4.87. The highest BCUT2D eigenvalue weighted by atomic mass is 35.5. The van der Waals surface area contributed by atoms with Gasteiger partial charge in [0.1, 0.15) is 6.29 Å². The first kappa shape index (κ1) is 9.22. The van der Waals surface area contributed by atoms with E-state index in [0.717, 1.165) is 25.5 Å². The van der Waals surface area contributed by atoms with Crippen molar-refractivity contribution in [2.45, 2.75) is 37.9 Å². The lowest BCUT2D eigenvalue weighted by molar-refractivity contribution is -0.118. The van der Waals surface area contributed by atoms with E-state index in [-0.39, 0.29) is 17.6 Å². The van der Waals surface area contributed by atoms with Gasteiger partial charge < -0.3 is 9.53 Å². The molecule has 3 heteroatoms. The van der Waals surface area contributed by atoms with Crippen LogP contribution in [-0.4, -0.2) is 18.5 Å². The Morgan fingerprint density at radius 2 is 2.46 bits per heavy atom. The highest BCUT2D eigenvalue weighted by molar-refractivity contribution is 6.29. The molecule has 2 saturated heterocycles. The molecule has 2 nitrogen and oxygen atoms in total. The van der Waals surface area contributed by atoms with E-state index in [1.165, 1.54) is 0 Å². The van der Waals surface area contributed by atoms with Crippen molar-refractivity contribution >= 4 is 17.9 Å². The van der Waals surface area contributed by atoms with Crippen LogP contribution in [0.5, 0.6) is 0 Å². The highest BCUT2D eigenvalue weighted by Gasteiger charge is 2.52. The van der Waals surface area contributed by atoms with E-state index in [9.17, 15) is 4.79 Å². The molecule has 2 bridgehead atoms. The molecule has 2 aliphatic heterocycles. The lowest BCUT2D eigenvalue weighted by atomic mass is 9.73. The summed E-state index contributed by atoms with van der Waals surface area (Å²) < 4.78 is 5.65. The normalized spacial score (nSPS) is 42.2. The van der Waals surface area contributed by atoms with E-state index in [0.29, 0.717) is 11.5 Å². The van der Waals surface area contributed by atoms with Crippen LogP contribution in [0.1, 0.15) is 25.7 Å². The van der Waals surface area contributed by atoms with Crippen LogP contribution in [0.25, 0.3) is 0 Å². The van der Waals surface area contributed by atoms with Crippen molar-refractivity contribution in [2.75, 3.05) is 0 Å². The number of hydrogen-bond donors (Lipinski definition) is 0. The maximum Gasteiger partial charge on any atom is 0.129 e. The van der Waals surface area contributed by atoms with Crippen molar-refractivity contribution in [3.63, 3.8) is 0 Å². The highest BCUT2D eigenvalue weighted by Crippen LogP contribution is 2.49. The number of carbonyl (C=O) groups is 1. The van der Waals surface area contributed by atoms with E-state index in [4.69, 9.17) is 16.3 Å². The number of allylic oxidation sites excluding steroid dienone is 1. The molecular formula is C10H13ClO2. The Balaban J connectivity index is 2.17. The molecule has 3 unspecified atom stereocenters. The number of carbonyl (C=O) groups excluding carboxylic acids is 1. The fraction of sp³-hybridized carbons (Fsp3) is 0.700. The molecule has 0 spiro atoms. The summed E-state index contributed by atoms with van der Waals surface area (Å²) in [5.74, 6) is 0. The van der Waals surface area contributed by atoms with Crippen LogP contribution in [0.15, 0.2) is 11.6 Å². The van der Waals surface area contributed by atoms with Crippen molar-refractivity contribution in [3.8, 4) is 0 Å². The smallest absolute Gasteiger partial charge is 0.129 e. The Bertz CT molecular complexity index is 251. The van der Waals surface area contributed by atoms with Crippen molar-refractivity contribution in [1.29, 1.82) is 0 Å². The van der Waals surface area contributed by atoms with Crippen LogP contribution in [0, 0.1) is 5.41 Å². The zero-order valence-electron chi connectivity index (χ0n) is 7.46. The Morgan fingerprint density at radius 1 is 1.69 bits per heavy atom. The van der Waals surface area contributed by atoms with Gasteiger partial charge >= 0.3 is 0 Å². The molecule has 0 aliphatic carbocycles. The molecule has 0 radical (unpaired) electrons. The number of aldehydes is 1. The van der Waals surface area contributed by atoms with Gasteiger partial charge in [-0.3, -0.25) is 0 Å². The second kappa shape index (κ2) is 3.10. The van der Waals surface area contributed by atoms with Gasteiger partial charge in [-0.15, -0.1) is 0 Å². The Hall–Kier alpha value is -0.340. The van der Waals surface area contributed by atoms with E-state index in [1.807, 2.05) is 0 Å². The van der Waals surface area contributed by atoms with Gasteiger partial charge in [0.15, 0.2) is 0 Å². The predicted molar refractivity (Wildman–Crippen MR) is 50.6 cm³/mol. The minimum absolute atomic E-state index is 0.0884.